The zero-order valence-corrected chi connectivity index (χ0v) is 12.8. The first-order valence-corrected chi connectivity index (χ1v) is 7.22. The SMILES string of the molecule is Cc1ccc2c(c1C)OC[C@@H]2NC(=O)NCC[C@@H](O)C(F)(F)F. The summed E-state index contributed by atoms with van der Waals surface area (Å²) < 4.78 is 42.0. The van der Waals surface area contributed by atoms with E-state index in [0.717, 1.165) is 22.4 Å². The molecule has 5 nitrogen and oxygen atoms in total. The van der Waals surface area contributed by atoms with Crippen molar-refractivity contribution in [2.24, 2.45) is 0 Å². The Hall–Kier alpha value is -1.96. The van der Waals surface area contributed by atoms with Gasteiger partial charge in [0, 0.05) is 12.1 Å². The van der Waals surface area contributed by atoms with E-state index < -0.39 is 24.7 Å². The van der Waals surface area contributed by atoms with E-state index in [4.69, 9.17) is 9.84 Å². The van der Waals surface area contributed by atoms with Gasteiger partial charge < -0.3 is 20.5 Å². The topological polar surface area (TPSA) is 70.6 Å². The molecule has 0 fully saturated rings. The monoisotopic (exact) mass is 332 g/mol. The number of aryl methyl sites for hydroxylation is 1. The zero-order chi connectivity index (χ0) is 17.2. The molecule has 1 heterocycles. The fourth-order valence-electron chi connectivity index (χ4n) is 2.35. The molecule has 0 radical (unpaired) electrons. The van der Waals surface area contributed by atoms with Crippen molar-refractivity contribution in [3.8, 4) is 5.75 Å². The molecule has 128 valence electrons. The summed E-state index contributed by atoms with van der Waals surface area (Å²) in [6, 6.07) is 2.84. The highest BCUT2D eigenvalue weighted by Crippen LogP contribution is 2.36. The molecule has 1 aliphatic rings. The molecule has 1 aromatic rings. The third-order valence-corrected chi connectivity index (χ3v) is 3.86. The number of urea groups is 1. The van der Waals surface area contributed by atoms with Gasteiger partial charge in [-0.25, -0.2) is 4.79 Å². The lowest BCUT2D eigenvalue weighted by atomic mass is 10.0. The molecule has 0 aliphatic carbocycles. The number of alkyl halides is 3. The second-order valence-electron chi connectivity index (χ2n) is 5.54. The molecule has 0 aromatic heterocycles. The summed E-state index contributed by atoms with van der Waals surface area (Å²) in [5.41, 5.74) is 2.93. The van der Waals surface area contributed by atoms with Crippen LogP contribution in [0.4, 0.5) is 18.0 Å². The highest BCUT2D eigenvalue weighted by atomic mass is 19.4. The standard InChI is InChI=1S/C15H19F3N2O3/c1-8-3-4-10-11(7-23-13(10)9(8)2)20-14(22)19-6-5-12(21)15(16,17)18/h3-4,11-12,21H,5-7H2,1-2H3,(H2,19,20,22)/t11-,12+/m0/s1. The van der Waals surface area contributed by atoms with Crippen molar-refractivity contribution in [2.75, 3.05) is 13.2 Å². The first-order chi connectivity index (χ1) is 10.7. The van der Waals surface area contributed by atoms with Crippen LogP contribution in [0.5, 0.6) is 5.75 Å². The van der Waals surface area contributed by atoms with Gasteiger partial charge in [-0.15, -0.1) is 0 Å². The van der Waals surface area contributed by atoms with Crippen molar-refractivity contribution in [2.45, 2.75) is 38.6 Å². The van der Waals surface area contributed by atoms with Crippen LogP contribution in [0.3, 0.4) is 0 Å². The quantitative estimate of drug-likeness (QED) is 0.793. The largest absolute Gasteiger partial charge is 0.490 e. The van der Waals surface area contributed by atoms with Crippen LogP contribution in [0.2, 0.25) is 0 Å². The van der Waals surface area contributed by atoms with Crippen molar-refractivity contribution in [1.82, 2.24) is 10.6 Å². The van der Waals surface area contributed by atoms with E-state index in [-0.39, 0.29) is 19.2 Å². The molecule has 2 rings (SSSR count). The predicted molar refractivity (Wildman–Crippen MR) is 77.4 cm³/mol. The van der Waals surface area contributed by atoms with E-state index in [1.54, 1.807) is 0 Å². The number of carbonyl (C=O) groups excluding carboxylic acids is 1. The Labute approximate surface area is 131 Å². The highest BCUT2D eigenvalue weighted by Gasteiger charge is 2.37. The number of fused-ring (bicyclic) bond motifs is 1. The van der Waals surface area contributed by atoms with Crippen LogP contribution in [0, 0.1) is 13.8 Å². The highest BCUT2D eigenvalue weighted by molar-refractivity contribution is 5.74. The maximum absolute atomic E-state index is 12.1. The van der Waals surface area contributed by atoms with Crippen molar-refractivity contribution in [1.29, 1.82) is 0 Å². The van der Waals surface area contributed by atoms with Gasteiger partial charge in [0.1, 0.15) is 12.4 Å². The molecule has 2 amide bonds. The number of ether oxygens (including phenoxy) is 1. The number of nitrogens with one attached hydrogen (secondary N) is 2. The maximum Gasteiger partial charge on any atom is 0.414 e. The number of rotatable bonds is 4. The van der Waals surface area contributed by atoms with Crippen LogP contribution in [-0.4, -0.2) is 36.6 Å². The molecule has 0 saturated heterocycles. The van der Waals surface area contributed by atoms with Crippen LogP contribution < -0.4 is 15.4 Å². The number of aliphatic hydroxyl groups is 1. The van der Waals surface area contributed by atoms with Gasteiger partial charge in [-0.1, -0.05) is 12.1 Å². The molecule has 2 atom stereocenters. The van der Waals surface area contributed by atoms with Gasteiger partial charge >= 0.3 is 12.2 Å². The fraction of sp³-hybridized carbons (Fsp3) is 0.533. The zero-order valence-electron chi connectivity index (χ0n) is 12.8. The number of carbonyl (C=O) groups is 1. The summed E-state index contributed by atoms with van der Waals surface area (Å²) in [5, 5.41) is 13.8. The molecule has 3 N–H and O–H groups in total. The molecule has 1 aliphatic heterocycles. The number of benzene rings is 1. The van der Waals surface area contributed by atoms with Crippen molar-refractivity contribution >= 4 is 6.03 Å². The minimum absolute atomic E-state index is 0.276. The van der Waals surface area contributed by atoms with Gasteiger partial charge in [0.25, 0.3) is 0 Å². The van der Waals surface area contributed by atoms with Crippen LogP contribution in [0.15, 0.2) is 12.1 Å². The number of aliphatic hydroxyl groups excluding tert-OH is 1. The number of hydrogen-bond acceptors (Lipinski definition) is 3. The van der Waals surface area contributed by atoms with Gasteiger partial charge in [-0.05, 0) is 31.4 Å². The fourth-order valence-corrected chi connectivity index (χ4v) is 2.35. The van der Waals surface area contributed by atoms with Crippen LogP contribution in [0.1, 0.15) is 29.2 Å². The first-order valence-electron chi connectivity index (χ1n) is 7.22. The Balaban J connectivity index is 1.86. The molecular formula is C15H19F3N2O3. The Morgan fingerprint density at radius 2 is 2.13 bits per heavy atom. The van der Waals surface area contributed by atoms with Crippen molar-refractivity contribution in [3.05, 3.63) is 28.8 Å². The van der Waals surface area contributed by atoms with E-state index in [2.05, 4.69) is 10.6 Å². The molecule has 0 spiro atoms. The lowest BCUT2D eigenvalue weighted by Gasteiger charge is -2.16. The summed E-state index contributed by atoms with van der Waals surface area (Å²) in [6.45, 7) is 3.88. The molecular weight excluding hydrogens is 313 g/mol. The maximum atomic E-state index is 12.1. The normalized spacial score (nSPS) is 18.1. The van der Waals surface area contributed by atoms with Crippen LogP contribution in [0.25, 0.3) is 0 Å². The second-order valence-corrected chi connectivity index (χ2v) is 5.54. The minimum Gasteiger partial charge on any atom is -0.490 e. The third-order valence-electron chi connectivity index (χ3n) is 3.86. The summed E-state index contributed by atoms with van der Waals surface area (Å²) in [6.07, 6.45) is -7.71. The lowest BCUT2D eigenvalue weighted by Crippen LogP contribution is -2.41. The van der Waals surface area contributed by atoms with Crippen LogP contribution >= 0.6 is 0 Å². The van der Waals surface area contributed by atoms with Gasteiger partial charge in [0.05, 0.1) is 6.04 Å². The third kappa shape index (κ3) is 4.07. The lowest BCUT2D eigenvalue weighted by molar-refractivity contribution is -0.204. The number of hydrogen-bond donors (Lipinski definition) is 3. The molecule has 1 aromatic carbocycles. The van der Waals surface area contributed by atoms with Crippen LogP contribution in [-0.2, 0) is 0 Å². The molecule has 8 heteroatoms. The van der Waals surface area contributed by atoms with E-state index in [1.807, 2.05) is 26.0 Å². The summed E-state index contributed by atoms with van der Waals surface area (Å²) in [4.78, 5) is 11.8. The molecule has 23 heavy (non-hydrogen) atoms. The predicted octanol–water partition coefficient (Wildman–Crippen LogP) is 2.35. The van der Waals surface area contributed by atoms with E-state index >= 15 is 0 Å². The van der Waals surface area contributed by atoms with Gasteiger partial charge in [0.15, 0.2) is 6.10 Å². The summed E-state index contributed by atoms with van der Waals surface area (Å²) >= 11 is 0. The molecule has 0 bridgehead atoms. The smallest absolute Gasteiger partial charge is 0.414 e. The van der Waals surface area contributed by atoms with E-state index in [1.165, 1.54) is 0 Å². The Morgan fingerprint density at radius 3 is 2.78 bits per heavy atom. The second kappa shape index (κ2) is 6.66. The average molecular weight is 332 g/mol. The Kier molecular flexibility index (Phi) is 5.03. The number of amides is 2. The minimum atomic E-state index is -4.67. The average Bonchev–Trinajstić information content (AvgIpc) is 2.85. The Morgan fingerprint density at radius 1 is 1.43 bits per heavy atom. The van der Waals surface area contributed by atoms with Gasteiger partial charge in [0.2, 0.25) is 0 Å². The number of halogens is 3. The summed E-state index contributed by atoms with van der Waals surface area (Å²) in [5.74, 6) is 0.739. The van der Waals surface area contributed by atoms with Crippen molar-refractivity contribution < 1.29 is 27.8 Å². The van der Waals surface area contributed by atoms with Gasteiger partial charge in [-0.2, -0.15) is 13.2 Å². The van der Waals surface area contributed by atoms with E-state index in [9.17, 15) is 18.0 Å². The first kappa shape index (κ1) is 17.4. The molecule has 0 unspecified atom stereocenters. The van der Waals surface area contributed by atoms with E-state index in [0.29, 0.717) is 0 Å². The molecule has 0 saturated carbocycles. The van der Waals surface area contributed by atoms with Crippen molar-refractivity contribution in [3.63, 3.8) is 0 Å². The Bertz CT molecular complexity index is 590. The van der Waals surface area contributed by atoms with Gasteiger partial charge in [-0.3, -0.25) is 0 Å². The summed E-state index contributed by atoms with van der Waals surface area (Å²) in [7, 11) is 0.